The summed E-state index contributed by atoms with van der Waals surface area (Å²) in [6.07, 6.45) is -0.115. The number of methoxy groups -OCH3 is 1. The maximum absolute atomic E-state index is 12.2. The van der Waals surface area contributed by atoms with Crippen LogP contribution in [0.5, 0.6) is 0 Å². The topological polar surface area (TPSA) is 95.9 Å². The summed E-state index contributed by atoms with van der Waals surface area (Å²) < 4.78 is 4.58. The van der Waals surface area contributed by atoms with Gasteiger partial charge in [0.2, 0.25) is 5.91 Å². The zero-order valence-electron chi connectivity index (χ0n) is 12.2. The molecule has 0 radical (unpaired) electrons. The quantitative estimate of drug-likeness (QED) is 0.807. The van der Waals surface area contributed by atoms with Crippen LogP contribution in [0, 0.1) is 0 Å². The molecule has 0 spiro atoms. The molecule has 1 aliphatic heterocycles. The normalized spacial score (nSPS) is 16.7. The Bertz CT molecular complexity index is 605. The van der Waals surface area contributed by atoms with Crippen molar-refractivity contribution in [2.24, 2.45) is 0 Å². The van der Waals surface area contributed by atoms with Crippen LogP contribution in [0.1, 0.15) is 22.3 Å². The molecule has 0 saturated carbocycles. The summed E-state index contributed by atoms with van der Waals surface area (Å²) in [5.74, 6) is -1.80. The lowest BCUT2D eigenvalue weighted by Gasteiger charge is -2.19. The van der Waals surface area contributed by atoms with E-state index in [0.717, 1.165) is 5.56 Å². The standard InChI is InChI=1S/C14H16N2O5.ClH/c1-16-7-9-4-3-8(14(19)20)5-10(9)15-11(13(16)18)6-12(17)21-2;/h3-5,11,15H,6-7H2,1-2H3,(H,19,20);1H/t11-;/m0./s1. The van der Waals surface area contributed by atoms with Crippen LogP contribution in [0.3, 0.4) is 0 Å². The first-order valence-corrected chi connectivity index (χ1v) is 6.37. The fourth-order valence-corrected chi connectivity index (χ4v) is 2.22. The molecule has 1 heterocycles. The number of amides is 1. The SMILES string of the molecule is COC(=O)C[C@@H]1Nc2cc(C(=O)O)ccc2CN(C)C1=O.Cl. The molecule has 0 saturated heterocycles. The Labute approximate surface area is 133 Å². The molecule has 1 aromatic carbocycles. The Morgan fingerprint density at radius 1 is 1.45 bits per heavy atom. The number of anilines is 1. The molecule has 0 bridgehead atoms. The molecular formula is C14H17ClN2O5. The third kappa shape index (κ3) is 3.67. The van der Waals surface area contributed by atoms with Gasteiger partial charge in [-0.05, 0) is 17.7 Å². The largest absolute Gasteiger partial charge is 0.478 e. The number of hydrogen-bond acceptors (Lipinski definition) is 5. The monoisotopic (exact) mass is 328 g/mol. The van der Waals surface area contributed by atoms with Crippen LogP contribution in [0.4, 0.5) is 5.69 Å². The van der Waals surface area contributed by atoms with Crippen molar-refractivity contribution in [1.29, 1.82) is 0 Å². The van der Waals surface area contributed by atoms with Gasteiger partial charge < -0.3 is 20.1 Å². The molecular weight excluding hydrogens is 312 g/mol. The van der Waals surface area contributed by atoms with Gasteiger partial charge in [-0.1, -0.05) is 6.07 Å². The number of rotatable bonds is 3. The van der Waals surface area contributed by atoms with E-state index in [1.165, 1.54) is 24.1 Å². The summed E-state index contributed by atoms with van der Waals surface area (Å²) in [4.78, 5) is 36.1. The third-order valence-corrected chi connectivity index (χ3v) is 3.37. The van der Waals surface area contributed by atoms with E-state index in [1.807, 2.05) is 0 Å². The van der Waals surface area contributed by atoms with Crippen molar-refractivity contribution in [2.45, 2.75) is 19.0 Å². The molecule has 0 aromatic heterocycles. The first kappa shape index (κ1) is 17.8. The highest BCUT2D eigenvalue weighted by Gasteiger charge is 2.29. The molecule has 1 aromatic rings. The van der Waals surface area contributed by atoms with Gasteiger partial charge in [-0.25, -0.2) is 4.79 Å². The Balaban J connectivity index is 0.00000242. The third-order valence-electron chi connectivity index (χ3n) is 3.37. The van der Waals surface area contributed by atoms with E-state index >= 15 is 0 Å². The van der Waals surface area contributed by atoms with Gasteiger partial charge in [0.1, 0.15) is 6.04 Å². The number of hydrogen-bond donors (Lipinski definition) is 2. The minimum atomic E-state index is -1.05. The van der Waals surface area contributed by atoms with Gasteiger partial charge in [0.05, 0.1) is 19.1 Å². The number of carboxylic acid groups (broad SMARTS) is 1. The maximum Gasteiger partial charge on any atom is 0.335 e. The lowest BCUT2D eigenvalue weighted by molar-refractivity contribution is -0.143. The first-order valence-electron chi connectivity index (χ1n) is 6.37. The highest BCUT2D eigenvalue weighted by molar-refractivity contribution is 5.92. The minimum absolute atomic E-state index is 0. The van der Waals surface area contributed by atoms with Crippen LogP contribution in [-0.4, -0.2) is 48.1 Å². The minimum Gasteiger partial charge on any atom is -0.478 e. The van der Waals surface area contributed by atoms with Crippen molar-refractivity contribution in [3.63, 3.8) is 0 Å². The number of nitrogens with one attached hydrogen (secondary N) is 1. The Kier molecular flexibility index (Phi) is 5.76. The van der Waals surface area contributed by atoms with Crippen molar-refractivity contribution in [3.05, 3.63) is 29.3 Å². The van der Waals surface area contributed by atoms with Crippen molar-refractivity contribution < 1.29 is 24.2 Å². The summed E-state index contributed by atoms with van der Waals surface area (Å²) in [5, 5.41) is 12.0. The molecule has 7 nitrogen and oxygen atoms in total. The highest BCUT2D eigenvalue weighted by Crippen LogP contribution is 2.25. The molecule has 120 valence electrons. The Morgan fingerprint density at radius 2 is 2.14 bits per heavy atom. The van der Waals surface area contributed by atoms with Gasteiger partial charge in [0, 0.05) is 19.3 Å². The van der Waals surface area contributed by atoms with Crippen molar-refractivity contribution >= 4 is 35.9 Å². The predicted molar refractivity (Wildman–Crippen MR) is 81.2 cm³/mol. The molecule has 1 amide bonds. The summed E-state index contributed by atoms with van der Waals surface area (Å²) in [6.45, 7) is 0.346. The molecule has 1 aliphatic rings. The maximum atomic E-state index is 12.2. The van der Waals surface area contributed by atoms with Crippen LogP contribution in [0.25, 0.3) is 0 Å². The van der Waals surface area contributed by atoms with Gasteiger partial charge in [-0.2, -0.15) is 0 Å². The Morgan fingerprint density at radius 3 is 2.73 bits per heavy atom. The van der Waals surface area contributed by atoms with E-state index in [2.05, 4.69) is 10.1 Å². The van der Waals surface area contributed by atoms with E-state index < -0.39 is 18.0 Å². The summed E-state index contributed by atoms with van der Waals surface area (Å²) in [7, 11) is 2.89. The summed E-state index contributed by atoms with van der Waals surface area (Å²) in [5.41, 5.74) is 1.46. The molecule has 0 aliphatic carbocycles. The number of aromatic carboxylic acids is 1. The summed E-state index contributed by atoms with van der Waals surface area (Å²) in [6, 6.07) is 3.85. The molecule has 0 fully saturated rings. The average Bonchev–Trinajstić information content (AvgIpc) is 2.56. The number of carbonyl (C=O) groups is 3. The zero-order valence-corrected chi connectivity index (χ0v) is 13.0. The molecule has 0 unspecified atom stereocenters. The number of esters is 1. The fraction of sp³-hybridized carbons (Fsp3) is 0.357. The van der Waals surface area contributed by atoms with Crippen LogP contribution in [0.2, 0.25) is 0 Å². The second kappa shape index (κ2) is 7.13. The molecule has 8 heteroatoms. The number of benzene rings is 1. The average molecular weight is 329 g/mol. The zero-order chi connectivity index (χ0) is 15.6. The highest BCUT2D eigenvalue weighted by atomic mass is 35.5. The van der Waals surface area contributed by atoms with E-state index in [-0.39, 0.29) is 30.3 Å². The van der Waals surface area contributed by atoms with Gasteiger partial charge in [0.15, 0.2) is 0 Å². The first-order chi connectivity index (χ1) is 9.92. The van der Waals surface area contributed by atoms with E-state index in [0.29, 0.717) is 12.2 Å². The second-order valence-corrected chi connectivity index (χ2v) is 4.85. The van der Waals surface area contributed by atoms with E-state index in [4.69, 9.17) is 5.11 Å². The number of carbonyl (C=O) groups excluding carboxylic acids is 2. The molecule has 22 heavy (non-hydrogen) atoms. The molecule has 1 atom stereocenters. The number of halogens is 1. The van der Waals surface area contributed by atoms with Crippen molar-refractivity contribution in [1.82, 2.24) is 4.90 Å². The van der Waals surface area contributed by atoms with Gasteiger partial charge in [-0.3, -0.25) is 9.59 Å². The van der Waals surface area contributed by atoms with Crippen LogP contribution < -0.4 is 5.32 Å². The Hall–Kier alpha value is -2.28. The lowest BCUT2D eigenvalue weighted by Crippen LogP contribution is -2.39. The van der Waals surface area contributed by atoms with Gasteiger partial charge >= 0.3 is 11.9 Å². The van der Waals surface area contributed by atoms with Crippen LogP contribution in [-0.2, 0) is 20.9 Å². The molecule has 2 N–H and O–H groups in total. The van der Waals surface area contributed by atoms with Crippen molar-refractivity contribution in [2.75, 3.05) is 19.5 Å². The number of ether oxygens (including phenoxy) is 1. The number of carboxylic acids is 1. The number of likely N-dealkylation sites (N-methyl/N-ethyl adjacent to an activating group) is 1. The smallest absolute Gasteiger partial charge is 0.335 e. The van der Waals surface area contributed by atoms with Crippen molar-refractivity contribution in [3.8, 4) is 0 Å². The van der Waals surface area contributed by atoms with E-state index in [9.17, 15) is 14.4 Å². The van der Waals surface area contributed by atoms with Crippen LogP contribution in [0.15, 0.2) is 18.2 Å². The van der Waals surface area contributed by atoms with Crippen LogP contribution >= 0.6 is 12.4 Å². The van der Waals surface area contributed by atoms with Gasteiger partial charge in [-0.15, -0.1) is 12.4 Å². The summed E-state index contributed by atoms with van der Waals surface area (Å²) >= 11 is 0. The van der Waals surface area contributed by atoms with Gasteiger partial charge in [0.25, 0.3) is 0 Å². The van der Waals surface area contributed by atoms with E-state index in [1.54, 1.807) is 13.1 Å². The lowest BCUT2D eigenvalue weighted by atomic mass is 10.1. The number of fused-ring (bicyclic) bond motifs is 1. The fourth-order valence-electron chi connectivity index (χ4n) is 2.22. The second-order valence-electron chi connectivity index (χ2n) is 4.85. The predicted octanol–water partition coefficient (Wildman–Crippen LogP) is 1.12. The number of nitrogens with zero attached hydrogens (tertiary/aromatic N) is 1. The molecule has 2 rings (SSSR count).